The fourth-order valence-electron chi connectivity index (χ4n) is 2.54. The molecule has 1 N–H and O–H groups in total. The van der Waals surface area contributed by atoms with Gasteiger partial charge in [-0.1, -0.05) is 11.6 Å². The Hall–Kier alpha value is -0.350. The van der Waals surface area contributed by atoms with Gasteiger partial charge >= 0.3 is 0 Å². The molecule has 0 aromatic heterocycles. The van der Waals surface area contributed by atoms with Crippen LogP contribution in [-0.2, 0) is 6.54 Å². The normalized spacial score (nSPS) is 17.2. The summed E-state index contributed by atoms with van der Waals surface area (Å²) in [5.41, 5.74) is 0.703. The Morgan fingerprint density at radius 2 is 2.05 bits per heavy atom. The van der Waals surface area contributed by atoms with E-state index in [0.29, 0.717) is 17.1 Å². The average Bonchev–Trinajstić information content (AvgIpc) is 2.37. The van der Waals surface area contributed by atoms with Crippen LogP contribution in [0.3, 0.4) is 0 Å². The molecule has 0 radical (unpaired) electrons. The third kappa shape index (κ3) is 4.92. The van der Waals surface area contributed by atoms with Crippen LogP contribution in [0.5, 0.6) is 0 Å². The van der Waals surface area contributed by atoms with E-state index < -0.39 is 0 Å². The fourth-order valence-corrected chi connectivity index (χ4v) is 2.74. The molecule has 1 fully saturated rings. The van der Waals surface area contributed by atoms with Crippen molar-refractivity contribution in [3.63, 3.8) is 0 Å². The Balaban J connectivity index is 0.00000180. The second kappa shape index (κ2) is 8.05. The van der Waals surface area contributed by atoms with Gasteiger partial charge in [0.05, 0.1) is 0 Å². The van der Waals surface area contributed by atoms with E-state index in [9.17, 15) is 4.39 Å². The highest BCUT2D eigenvalue weighted by Gasteiger charge is 2.19. The van der Waals surface area contributed by atoms with Gasteiger partial charge in [-0.2, -0.15) is 0 Å². The molecule has 0 spiro atoms. The van der Waals surface area contributed by atoms with Crippen LogP contribution >= 0.6 is 24.0 Å². The highest BCUT2D eigenvalue weighted by molar-refractivity contribution is 6.30. The van der Waals surface area contributed by atoms with E-state index in [-0.39, 0.29) is 18.2 Å². The molecule has 108 valence electrons. The van der Waals surface area contributed by atoms with Crippen molar-refractivity contribution in [2.24, 2.45) is 5.92 Å². The van der Waals surface area contributed by atoms with Gasteiger partial charge in [-0.15, -0.1) is 12.4 Å². The third-order valence-corrected chi connectivity index (χ3v) is 3.84. The van der Waals surface area contributed by atoms with Gasteiger partial charge in [0.2, 0.25) is 0 Å². The molecule has 19 heavy (non-hydrogen) atoms. The number of likely N-dealkylation sites (tertiary alicyclic amines) is 1. The van der Waals surface area contributed by atoms with Gasteiger partial charge in [0.1, 0.15) is 5.82 Å². The lowest BCUT2D eigenvalue weighted by atomic mass is 9.96. The number of halogens is 3. The lowest BCUT2D eigenvalue weighted by Crippen LogP contribution is -2.36. The second-order valence-corrected chi connectivity index (χ2v) is 5.45. The highest BCUT2D eigenvalue weighted by Crippen LogP contribution is 2.21. The van der Waals surface area contributed by atoms with Crippen LogP contribution in [0, 0.1) is 11.7 Å². The van der Waals surface area contributed by atoms with Crippen LogP contribution in [0.15, 0.2) is 18.2 Å². The first kappa shape index (κ1) is 16.7. The first-order chi connectivity index (χ1) is 8.69. The molecule has 1 aliphatic heterocycles. The number of hydrogen-bond acceptors (Lipinski definition) is 2. The summed E-state index contributed by atoms with van der Waals surface area (Å²) in [6.07, 6.45) is 2.37. The summed E-state index contributed by atoms with van der Waals surface area (Å²) in [5, 5.41) is 3.83. The zero-order chi connectivity index (χ0) is 13.0. The molecule has 1 aromatic rings. The number of nitrogens with one attached hydrogen (secondary N) is 1. The summed E-state index contributed by atoms with van der Waals surface area (Å²) in [6.45, 7) is 3.83. The molecule has 5 heteroatoms. The average molecular weight is 307 g/mol. The van der Waals surface area contributed by atoms with Crippen molar-refractivity contribution in [2.45, 2.75) is 19.4 Å². The quantitative estimate of drug-likeness (QED) is 0.918. The van der Waals surface area contributed by atoms with Crippen molar-refractivity contribution in [3.8, 4) is 0 Å². The van der Waals surface area contributed by atoms with Gasteiger partial charge in [0.15, 0.2) is 0 Å². The fraction of sp³-hybridized carbons (Fsp3) is 0.571. The standard InChI is InChI=1S/C14H20ClFN2.ClH/c1-17-9-11-4-6-18(7-5-11)10-12-8-13(15)2-3-14(12)16;/h2-3,8,11,17H,4-7,9-10H2,1H3;1H. The Labute approximate surface area is 125 Å². The number of nitrogens with zero attached hydrogens (tertiary/aromatic N) is 1. The van der Waals surface area contributed by atoms with E-state index in [2.05, 4.69) is 10.2 Å². The summed E-state index contributed by atoms with van der Waals surface area (Å²) in [7, 11) is 1.99. The molecular weight excluding hydrogens is 286 g/mol. The van der Waals surface area contributed by atoms with Crippen molar-refractivity contribution in [2.75, 3.05) is 26.7 Å². The Bertz CT molecular complexity index is 393. The summed E-state index contributed by atoms with van der Waals surface area (Å²) in [6, 6.07) is 4.78. The van der Waals surface area contributed by atoms with Gasteiger partial charge < -0.3 is 5.32 Å². The van der Waals surface area contributed by atoms with Gasteiger partial charge in [0, 0.05) is 17.1 Å². The van der Waals surface area contributed by atoms with Gasteiger partial charge in [-0.25, -0.2) is 4.39 Å². The summed E-state index contributed by atoms with van der Waals surface area (Å²) in [4.78, 5) is 2.31. The smallest absolute Gasteiger partial charge is 0.127 e. The van der Waals surface area contributed by atoms with Crippen molar-refractivity contribution >= 4 is 24.0 Å². The zero-order valence-electron chi connectivity index (χ0n) is 11.2. The molecule has 0 amide bonds. The minimum Gasteiger partial charge on any atom is -0.319 e. The monoisotopic (exact) mass is 306 g/mol. The van der Waals surface area contributed by atoms with Gasteiger partial charge in [0.25, 0.3) is 0 Å². The maximum Gasteiger partial charge on any atom is 0.127 e. The van der Waals surface area contributed by atoms with E-state index in [1.807, 2.05) is 7.05 Å². The number of rotatable bonds is 4. The molecule has 0 unspecified atom stereocenters. The molecule has 0 atom stereocenters. The number of piperidine rings is 1. The largest absolute Gasteiger partial charge is 0.319 e. The molecule has 2 rings (SSSR count). The topological polar surface area (TPSA) is 15.3 Å². The predicted octanol–water partition coefficient (Wildman–Crippen LogP) is 3.33. The molecule has 1 heterocycles. The highest BCUT2D eigenvalue weighted by atomic mass is 35.5. The molecule has 2 nitrogen and oxygen atoms in total. The zero-order valence-corrected chi connectivity index (χ0v) is 12.7. The van der Waals surface area contributed by atoms with Crippen LogP contribution < -0.4 is 5.32 Å². The minimum atomic E-state index is -0.156. The lowest BCUT2D eigenvalue weighted by molar-refractivity contribution is 0.175. The summed E-state index contributed by atoms with van der Waals surface area (Å²) >= 11 is 5.91. The Morgan fingerprint density at radius 3 is 2.68 bits per heavy atom. The maximum atomic E-state index is 13.6. The van der Waals surface area contributed by atoms with Crippen LogP contribution in [-0.4, -0.2) is 31.6 Å². The molecule has 1 aliphatic rings. The number of benzene rings is 1. The first-order valence-electron chi connectivity index (χ1n) is 6.50. The second-order valence-electron chi connectivity index (χ2n) is 5.01. The summed E-state index contributed by atoms with van der Waals surface area (Å²) in [5.74, 6) is 0.604. The number of hydrogen-bond donors (Lipinski definition) is 1. The van der Waals surface area contributed by atoms with E-state index in [0.717, 1.165) is 25.6 Å². The van der Waals surface area contributed by atoms with Crippen LogP contribution in [0.2, 0.25) is 5.02 Å². The van der Waals surface area contributed by atoms with Gasteiger partial charge in [-0.05, 0) is 63.6 Å². The van der Waals surface area contributed by atoms with E-state index >= 15 is 0 Å². The molecule has 0 bridgehead atoms. The van der Waals surface area contributed by atoms with E-state index in [1.165, 1.54) is 18.9 Å². The van der Waals surface area contributed by atoms with Gasteiger partial charge in [-0.3, -0.25) is 4.90 Å². The van der Waals surface area contributed by atoms with Crippen LogP contribution in [0.4, 0.5) is 4.39 Å². The lowest BCUT2D eigenvalue weighted by Gasteiger charge is -2.32. The first-order valence-corrected chi connectivity index (χ1v) is 6.87. The van der Waals surface area contributed by atoms with Crippen molar-refractivity contribution in [3.05, 3.63) is 34.6 Å². The molecule has 0 aliphatic carbocycles. The van der Waals surface area contributed by atoms with Crippen molar-refractivity contribution in [1.29, 1.82) is 0 Å². The minimum absolute atomic E-state index is 0. The predicted molar refractivity (Wildman–Crippen MR) is 80.6 cm³/mol. The van der Waals surface area contributed by atoms with Crippen LogP contribution in [0.1, 0.15) is 18.4 Å². The van der Waals surface area contributed by atoms with Crippen LogP contribution in [0.25, 0.3) is 0 Å². The third-order valence-electron chi connectivity index (χ3n) is 3.60. The Morgan fingerprint density at radius 1 is 1.37 bits per heavy atom. The SMILES string of the molecule is CNCC1CCN(Cc2cc(Cl)ccc2F)CC1.Cl. The van der Waals surface area contributed by atoms with E-state index in [4.69, 9.17) is 11.6 Å². The molecule has 1 saturated heterocycles. The maximum absolute atomic E-state index is 13.6. The molecule has 1 aromatic carbocycles. The summed E-state index contributed by atoms with van der Waals surface area (Å²) < 4.78 is 13.6. The van der Waals surface area contributed by atoms with E-state index in [1.54, 1.807) is 12.1 Å². The van der Waals surface area contributed by atoms with Crippen molar-refractivity contribution < 1.29 is 4.39 Å². The Kier molecular flexibility index (Phi) is 7.08. The molecule has 0 saturated carbocycles. The van der Waals surface area contributed by atoms with Crippen molar-refractivity contribution in [1.82, 2.24) is 10.2 Å². The molecular formula is C14H21Cl2FN2.